The molecule has 0 aromatic rings. The number of ketones is 1. The Kier molecular flexibility index (Phi) is 44.7. The summed E-state index contributed by atoms with van der Waals surface area (Å²) in [5.41, 5.74) is 12.3. The smallest absolute Gasteiger partial charge is 0.477 e. The number of carbonyl (C=O) groups excluding carboxylic acids is 16. The highest BCUT2D eigenvalue weighted by Gasteiger charge is 2.65. The maximum atomic E-state index is 15.3. The zero-order chi connectivity index (χ0) is 103. The second-order valence-electron chi connectivity index (χ2n) is 34.5. The molecule has 5 amide bonds. The van der Waals surface area contributed by atoms with Crippen LogP contribution in [0.5, 0.6) is 0 Å². The molecule has 5 aliphatic heterocycles. The molecule has 49 heteroatoms. The number of Topliss-reactive ketones (excluding diaryl/α,β-unsaturated/α-hetero) is 1. The van der Waals surface area contributed by atoms with Gasteiger partial charge in [-0.2, -0.15) is 0 Å². The summed E-state index contributed by atoms with van der Waals surface area (Å²) in [6.45, 7) is 25.0. The molecule has 138 heavy (non-hydrogen) atoms. The number of aliphatic hydroxyl groups excluding tert-OH is 1. The van der Waals surface area contributed by atoms with E-state index in [1.165, 1.54) is 18.1 Å². The number of aliphatic hydroxyl groups is 2. The van der Waals surface area contributed by atoms with Crippen LogP contribution in [0.3, 0.4) is 0 Å². The lowest BCUT2D eigenvalue weighted by Gasteiger charge is -2.52. The van der Waals surface area contributed by atoms with Crippen molar-refractivity contribution in [2.45, 2.75) is 348 Å². The van der Waals surface area contributed by atoms with E-state index in [-0.39, 0.29) is 24.9 Å². The van der Waals surface area contributed by atoms with Crippen LogP contribution in [0, 0.1) is 5.41 Å². The Morgan fingerprint density at radius 2 is 1.05 bits per heavy atom. The SMILES string of the molecule is C=C(C/C=C(\C)CCC=C(C)C)CCC(C)(C)/C=C/CC/C(C)=C\CO[C@H](COP(=O)(OC)O[C@H]1O[C@H](C(N)=O)[C@@](C)(O)[C@H](OC(N)=O)[C@H]1O[C@@H]1O[C@H](CO[C@@H]2O[C@H](COC(C)=O)[C@@H](OC(C)=O)[C@H](OC(C)=O)[C@H]2OC(C)=O)[C@@H](O[C@@H]2O[C@H](C)[C@H](O[C@@H]3O[C@H](C(=O)NC4=C(O)CCC4=O)[C@H](OC(C)=O)[C@H](OC(C)=O)[C@H]3OC(C)=O)[C@H](OC(C)=O)[C@H]2NC(C)=O)[C@H](OC(C)=O)[C@H]1NC(C)=O)C(=O)OC. The highest BCUT2D eigenvalue weighted by Crippen LogP contribution is 2.53. The van der Waals surface area contributed by atoms with Crippen molar-refractivity contribution in [2.75, 3.05) is 40.6 Å². The van der Waals surface area contributed by atoms with E-state index in [1.807, 2.05) is 6.92 Å². The van der Waals surface area contributed by atoms with E-state index in [4.69, 9.17) is 125 Å². The number of allylic oxidation sites excluding steroid dienone is 10. The van der Waals surface area contributed by atoms with Gasteiger partial charge in [-0.05, 0) is 91.9 Å². The molecule has 0 aromatic heterocycles. The van der Waals surface area contributed by atoms with Crippen molar-refractivity contribution in [3.63, 3.8) is 0 Å². The molecule has 1 unspecified atom stereocenters. The number of ether oxygens (including phenoxy) is 21. The molecule has 48 nitrogen and oxygen atoms in total. The second-order valence-corrected chi connectivity index (χ2v) is 36.2. The minimum Gasteiger partial charge on any atom is -0.510 e. The van der Waals surface area contributed by atoms with Crippen LogP contribution in [-0.2, 0) is 190 Å². The molecule has 5 fully saturated rings. The van der Waals surface area contributed by atoms with Crippen LogP contribution in [0.1, 0.15) is 189 Å². The molecule has 0 saturated carbocycles. The Hall–Kier alpha value is -10.6. The normalized spacial score (nSPS) is 30.1. The lowest BCUT2D eigenvalue weighted by atomic mass is 9.85. The molecule has 1 aliphatic carbocycles. The first-order valence-corrected chi connectivity index (χ1v) is 45.6. The zero-order valence-electron chi connectivity index (χ0n) is 81.0. The van der Waals surface area contributed by atoms with Crippen LogP contribution >= 0.6 is 7.82 Å². The van der Waals surface area contributed by atoms with Gasteiger partial charge in [-0.25, -0.2) is 14.2 Å². The van der Waals surface area contributed by atoms with E-state index < -0.39 is 293 Å². The third-order valence-corrected chi connectivity index (χ3v) is 23.2. The van der Waals surface area contributed by atoms with Crippen molar-refractivity contribution in [3.8, 4) is 0 Å². The van der Waals surface area contributed by atoms with Gasteiger partial charge >= 0.3 is 73.6 Å². The standard InChI is InChI=1S/C89H130N5O43P/c1-41(2)26-25-28-42(3)29-30-44(5)33-36-88(18,19)35-24-23-27-43(4)34-37-116-61(81(110)114-21)40-119-138(113,115-22)137-86-76(77(136-87(91)111)89(20,112)78(135-86)79(90)108)134-83-64(93-47(8)96)69(123-51(12)100)66(60(129-83)39-118-84-74(127-55(16)104)70(124-52(13)101)67(121-49(10)98)59(130-84)38-117-48(9)97)132-82-63(92-46(7)95)68(122-50(11)99)65(45(6)120-82)131-85-75(128-56(17)105)72(126-54(15)103)71(125-53(14)102)73(133-85)80(109)94-62-57(106)31-32-58(62)107/h24,26,29,34-35,45,59-61,63-78,82-86,106,112H,5,23,25,27-28,30-33,36-40H2,1-4,6-22H3,(H2,90,108)(H2,91,111)(H,92,95)(H,93,96)(H,94,109)/b35-24+,42-29+,43-34-/t45-,59-,60-,61-,63-,64-,65+,66-,67-,68-,69-,70+,71-,72+,73+,74-,75-,76-,77-,78-,82+,83+,84-,85-,86-,89+,138?/m1/s1. The number of methoxy groups -OCH3 is 1. The number of carbonyl (C=O) groups is 16. The first-order chi connectivity index (χ1) is 64.5. The Labute approximate surface area is 796 Å². The van der Waals surface area contributed by atoms with Gasteiger partial charge in [0, 0.05) is 96.1 Å². The van der Waals surface area contributed by atoms with Gasteiger partial charge in [-0.1, -0.05) is 73.1 Å². The van der Waals surface area contributed by atoms with Gasteiger partial charge < -0.3 is 137 Å². The van der Waals surface area contributed by atoms with E-state index in [9.17, 15) is 86.9 Å². The molecule has 0 bridgehead atoms. The maximum Gasteiger partial charge on any atom is 0.477 e. The minimum atomic E-state index is -5.49. The molecule has 5 heterocycles. The monoisotopic (exact) mass is 1990 g/mol. The van der Waals surface area contributed by atoms with Gasteiger partial charge in [0.05, 0.1) is 33.0 Å². The topological polar surface area (TPSA) is 640 Å². The van der Waals surface area contributed by atoms with Crippen molar-refractivity contribution in [1.29, 1.82) is 0 Å². The molecule has 0 aromatic carbocycles. The van der Waals surface area contributed by atoms with E-state index in [0.29, 0.717) is 12.8 Å². The van der Waals surface area contributed by atoms with Crippen molar-refractivity contribution >= 4 is 103 Å². The molecule has 27 atom stereocenters. The number of phosphoric acid groups is 1. The predicted molar refractivity (Wildman–Crippen MR) is 467 cm³/mol. The summed E-state index contributed by atoms with van der Waals surface area (Å²) >= 11 is 0. The van der Waals surface area contributed by atoms with Gasteiger partial charge in [0.2, 0.25) is 17.7 Å². The Morgan fingerprint density at radius 1 is 0.558 bits per heavy atom. The number of hydrogen-bond donors (Lipinski definition) is 7. The number of nitrogens with two attached hydrogens (primary N) is 2. The summed E-state index contributed by atoms with van der Waals surface area (Å²) in [7, 11) is -3.73. The van der Waals surface area contributed by atoms with Crippen molar-refractivity contribution in [1.82, 2.24) is 16.0 Å². The highest BCUT2D eigenvalue weighted by molar-refractivity contribution is 7.48. The zero-order valence-corrected chi connectivity index (χ0v) is 81.8. The van der Waals surface area contributed by atoms with Crippen LogP contribution in [0.4, 0.5) is 4.79 Å². The van der Waals surface area contributed by atoms with Gasteiger partial charge in [-0.3, -0.25) is 80.7 Å². The van der Waals surface area contributed by atoms with Crippen molar-refractivity contribution in [2.24, 2.45) is 16.9 Å². The fourth-order valence-electron chi connectivity index (χ4n) is 15.5. The van der Waals surface area contributed by atoms with E-state index in [2.05, 4.69) is 81.5 Å². The van der Waals surface area contributed by atoms with Crippen LogP contribution in [-0.4, -0.2) is 305 Å². The summed E-state index contributed by atoms with van der Waals surface area (Å²) < 4.78 is 158. The van der Waals surface area contributed by atoms with Gasteiger partial charge in [0.25, 0.3) is 5.91 Å². The average Bonchev–Trinajstić information content (AvgIpc) is 0.779. The van der Waals surface area contributed by atoms with E-state index in [0.717, 1.165) is 141 Å². The maximum absolute atomic E-state index is 15.3. The molecule has 0 spiro atoms. The Balaban J connectivity index is 1.50. The van der Waals surface area contributed by atoms with Crippen LogP contribution < -0.4 is 27.4 Å². The summed E-state index contributed by atoms with van der Waals surface area (Å²) in [6.07, 6.45) is -36.6. The Bertz CT molecular complexity index is 4580. The minimum absolute atomic E-state index is 0.168. The van der Waals surface area contributed by atoms with Crippen molar-refractivity contribution < 1.29 is 205 Å². The second kappa shape index (κ2) is 53.2. The van der Waals surface area contributed by atoms with Crippen LogP contribution in [0.25, 0.3) is 0 Å². The Morgan fingerprint density at radius 3 is 1.57 bits per heavy atom. The summed E-state index contributed by atoms with van der Waals surface area (Å²) in [5.74, 6) is -17.8. The third-order valence-electron chi connectivity index (χ3n) is 21.8. The molecule has 5 saturated heterocycles. The molecule has 774 valence electrons. The average molecular weight is 1990 g/mol. The molecule has 0 radical (unpaired) electrons. The summed E-state index contributed by atoms with van der Waals surface area (Å²) in [6, 6.07) is -4.28. The van der Waals surface area contributed by atoms with Gasteiger partial charge in [0.15, 0.2) is 117 Å². The van der Waals surface area contributed by atoms with Crippen LogP contribution in [0.2, 0.25) is 0 Å². The van der Waals surface area contributed by atoms with Gasteiger partial charge in [-0.15, -0.1) is 0 Å². The van der Waals surface area contributed by atoms with Crippen LogP contribution in [0.15, 0.2) is 70.7 Å². The van der Waals surface area contributed by atoms with Crippen molar-refractivity contribution in [3.05, 3.63) is 70.7 Å². The molecular formula is C89H130N5O43P. The number of amides is 5. The quantitative estimate of drug-likeness (QED) is 0.0197. The predicted octanol–water partition coefficient (Wildman–Crippen LogP) is 3.85. The molecule has 6 aliphatic rings. The lowest BCUT2D eigenvalue weighted by Crippen LogP contribution is -2.73. The lowest BCUT2D eigenvalue weighted by molar-refractivity contribution is -0.375. The molecule has 9 N–H and O–H groups in total. The first-order valence-electron chi connectivity index (χ1n) is 44.1. The van der Waals surface area contributed by atoms with E-state index in [1.54, 1.807) is 6.08 Å². The fraction of sp³-hybridized carbons (Fsp3) is 0.685. The number of nitrogens with one attached hydrogen (secondary N) is 3. The summed E-state index contributed by atoms with van der Waals surface area (Å²) in [5, 5.41) is 30.4. The first kappa shape index (κ1) is 116. The molecular weight excluding hydrogens is 1860 g/mol. The largest absolute Gasteiger partial charge is 0.510 e. The highest BCUT2D eigenvalue weighted by atomic mass is 31.2. The number of phosphoric ester groups is 1. The molecule has 6 rings (SSSR count). The number of primary amides is 2. The summed E-state index contributed by atoms with van der Waals surface area (Å²) in [4.78, 5) is 215. The van der Waals surface area contributed by atoms with Gasteiger partial charge in [0.1, 0.15) is 60.2 Å². The number of rotatable bonds is 47. The number of hydrogen-bond acceptors (Lipinski definition) is 43. The number of esters is 10. The van der Waals surface area contributed by atoms with E-state index >= 15 is 4.57 Å². The fourth-order valence-corrected chi connectivity index (χ4v) is 16.5. The third kappa shape index (κ3) is 35.0.